The molecule has 98 valence electrons. The van der Waals surface area contributed by atoms with Gasteiger partial charge in [0.15, 0.2) is 0 Å². The molecule has 0 bridgehead atoms. The number of aromatic nitrogens is 2. The van der Waals surface area contributed by atoms with E-state index in [1.165, 1.54) is 11.1 Å². The first-order valence-corrected chi connectivity index (χ1v) is 6.49. The lowest BCUT2D eigenvalue weighted by molar-refractivity contribution is 0.649. The summed E-state index contributed by atoms with van der Waals surface area (Å²) >= 11 is 0. The van der Waals surface area contributed by atoms with Crippen molar-refractivity contribution in [1.82, 2.24) is 20.2 Å². The van der Waals surface area contributed by atoms with Crippen molar-refractivity contribution in [3.8, 4) is 0 Å². The number of nitrogens with zero attached hydrogens (tertiary/aromatic N) is 2. The molecule has 4 heteroatoms. The van der Waals surface area contributed by atoms with E-state index in [2.05, 4.69) is 45.4 Å². The first-order chi connectivity index (χ1) is 8.72. The predicted octanol–water partition coefficient (Wildman–Crippen LogP) is 1.23. The van der Waals surface area contributed by atoms with Crippen molar-refractivity contribution in [2.75, 3.05) is 26.7 Å². The molecule has 4 nitrogen and oxygen atoms in total. The summed E-state index contributed by atoms with van der Waals surface area (Å²) in [5, 5.41) is 6.54. The Kier molecular flexibility index (Phi) is 4.33. The highest BCUT2D eigenvalue weighted by Gasteiger charge is 2.04. The Hall–Kier alpha value is -1.39. The van der Waals surface area contributed by atoms with Crippen molar-refractivity contribution >= 4 is 11.0 Å². The fraction of sp³-hybridized carbons (Fsp3) is 0.500. The molecule has 0 spiro atoms. The minimum Gasteiger partial charge on any atom is -0.331 e. The van der Waals surface area contributed by atoms with Crippen LogP contribution in [-0.2, 0) is 13.5 Å². The van der Waals surface area contributed by atoms with Gasteiger partial charge in [-0.1, -0.05) is 6.07 Å². The summed E-state index contributed by atoms with van der Waals surface area (Å²) in [7, 11) is 4.03. The summed E-state index contributed by atoms with van der Waals surface area (Å²) in [4.78, 5) is 4.56. The zero-order valence-corrected chi connectivity index (χ0v) is 11.5. The monoisotopic (exact) mass is 246 g/mol. The largest absolute Gasteiger partial charge is 0.331 e. The van der Waals surface area contributed by atoms with Gasteiger partial charge in [-0.15, -0.1) is 0 Å². The van der Waals surface area contributed by atoms with E-state index in [1.807, 2.05) is 14.0 Å². The molecule has 0 saturated heterocycles. The van der Waals surface area contributed by atoms with Gasteiger partial charge in [-0.3, -0.25) is 0 Å². The Morgan fingerprint density at radius 2 is 2.06 bits per heavy atom. The standard InChI is InChI=1S/C14H22N4/c1-11-17-13-10-12(4-5-14(13)18(11)3)6-7-16-9-8-15-2/h4-5,10,15-16H,6-9H2,1-3H3. The number of likely N-dealkylation sites (N-methyl/N-ethyl adjacent to an activating group) is 1. The molecule has 2 rings (SSSR count). The highest BCUT2D eigenvalue weighted by Crippen LogP contribution is 2.16. The minimum atomic E-state index is 1.01. The maximum absolute atomic E-state index is 4.56. The van der Waals surface area contributed by atoms with Gasteiger partial charge in [0, 0.05) is 20.1 Å². The second kappa shape index (κ2) is 5.98. The fourth-order valence-corrected chi connectivity index (χ4v) is 2.09. The van der Waals surface area contributed by atoms with Gasteiger partial charge in [0.05, 0.1) is 11.0 Å². The van der Waals surface area contributed by atoms with E-state index in [9.17, 15) is 0 Å². The van der Waals surface area contributed by atoms with Crippen molar-refractivity contribution in [2.24, 2.45) is 7.05 Å². The molecule has 1 aromatic heterocycles. The molecule has 0 fully saturated rings. The highest BCUT2D eigenvalue weighted by atomic mass is 15.0. The fourth-order valence-electron chi connectivity index (χ4n) is 2.09. The molecule has 0 aliphatic heterocycles. The first-order valence-electron chi connectivity index (χ1n) is 6.49. The Morgan fingerprint density at radius 1 is 1.22 bits per heavy atom. The SMILES string of the molecule is CNCCNCCc1ccc2c(c1)nc(C)n2C. The third-order valence-electron chi connectivity index (χ3n) is 3.31. The summed E-state index contributed by atoms with van der Waals surface area (Å²) in [6, 6.07) is 6.56. The van der Waals surface area contributed by atoms with Crippen molar-refractivity contribution in [2.45, 2.75) is 13.3 Å². The van der Waals surface area contributed by atoms with Crippen LogP contribution in [0.1, 0.15) is 11.4 Å². The zero-order valence-electron chi connectivity index (χ0n) is 11.5. The number of benzene rings is 1. The van der Waals surface area contributed by atoms with E-state index < -0.39 is 0 Å². The van der Waals surface area contributed by atoms with Crippen LogP contribution >= 0.6 is 0 Å². The van der Waals surface area contributed by atoms with Crippen LogP contribution < -0.4 is 10.6 Å². The zero-order chi connectivity index (χ0) is 13.0. The van der Waals surface area contributed by atoms with Gasteiger partial charge in [-0.25, -0.2) is 4.98 Å². The number of fused-ring (bicyclic) bond motifs is 1. The molecule has 2 aromatic rings. The van der Waals surface area contributed by atoms with E-state index in [1.54, 1.807) is 0 Å². The van der Waals surface area contributed by atoms with E-state index >= 15 is 0 Å². The van der Waals surface area contributed by atoms with Crippen LogP contribution in [-0.4, -0.2) is 36.2 Å². The lowest BCUT2D eigenvalue weighted by Gasteiger charge is -2.04. The van der Waals surface area contributed by atoms with Gasteiger partial charge in [0.1, 0.15) is 5.82 Å². The van der Waals surface area contributed by atoms with E-state index in [-0.39, 0.29) is 0 Å². The van der Waals surface area contributed by atoms with Gasteiger partial charge in [0.2, 0.25) is 0 Å². The molecule has 0 unspecified atom stereocenters. The quantitative estimate of drug-likeness (QED) is 0.753. The number of hydrogen-bond donors (Lipinski definition) is 2. The minimum absolute atomic E-state index is 1.01. The van der Waals surface area contributed by atoms with Crippen LogP contribution in [0.5, 0.6) is 0 Å². The lowest BCUT2D eigenvalue weighted by atomic mass is 10.1. The second-order valence-corrected chi connectivity index (χ2v) is 4.64. The molecular weight excluding hydrogens is 224 g/mol. The molecule has 1 aromatic carbocycles. The Balaban J connectivity index is 1.98. The summed E-state index contributed by atoms with van der Waals surface area (Å²) in [6.07, 6.45) is 1.05. The summed E-state index contributed by atoms with van der Waals surface area (Å²) in [6.45, 7) is 5.08. The Morgan fingerprint density at radius 3 is 2.83 bits per heavy atom. The first kappa shape index (κ1) is 13.1. The van der Waals surface area contributed by atoms with Gasteiger partial charge in [0.25, 0.3) is 0 Å². The predicted molar refractivity (Wildman–Crippen MR) is 76.0 cm³/mol. The van der Waals surface area contributed by atoms with Crippen LogP contribution in [0.3, 0.4) is 0 Å². The highest BCUT2D eigenvalue weighted by molar-refractivity contribution is 5.76. The third kappa shape index (κ3) is 2.89. The number of aryl methyl sites for hydroxylation is 2. The molecule has 0 saturated carbocycles. The molecule has 0 radical (unpaired) electrons. The maximum atomic E-state index is 4.56. The number of hydrogen-bond acceptors (Lipinski definition) is 3. The van der Waals surface area contributed by atoms with Crippen molar-refractivity contribution in [3.05, 3.63) is 29.6 Å². The van der Waals surface area contributed by atoms with Crippen LogP contribution in [0.15, 0.2) is 18.2 Å². The average molecular weight is 246 g/mol. The topological polar surface area (TPSA) is 41.9 Å². The Bertz CT molecular complexity index is 516. The van der Waals surface area contributed by atoms with E-state index in [4.69, 9.17) is 0 Å². The molecule has 18 heavy (non-hydrogen) atoms. The molecule has 2 N–H and O–H groups in total. The number of imidazole rings is 1. The smallest absolute Gasteiger partial charge is 0.106 e. The van der Waals surface area contributed by atoms with Crippen molar-refractivity contribution in [1.29, 1.82) is 0 Å². The van der Waals surface area contributed by atoms with Crippen LogP contribution in [0.25, 0.3) is 11.0 Å². The maximum Gasteiger partial charge on any atom is 0.106 e. The van der Waals surface area contributed by atoms with Crippen molar-refractivity contribution < 1.29 is 0 Å². The molecule has 0 aliphatic rings. The summed E-state index contributed by atoms with van der Waals surface area (Å²) < 4.78 is 2.13. The van der Waals surface area contributed by atoms with Crippen LogP contribution in [0.2, 0.25) is 0 Å². The second-order valence-electron chi connectivity index (χ2n) is 4.64. The van der Waals surface area contributed by atoms with Crippen molar-refractivity contribution in [3.63, 3.8) is 0 Å². The average Bonchev–Trinajstić information content (AvgIpc) is 2.65. The van der Waals surface area contributed by atoms with Gasteiger partial charge in [-0.2, -0.15) is 0 Å². The third-order valence-corrected chi connectivity index (χ3v) is 3.31. The summed E-state index contributed by atoms with van der Waals surface area (Å²) in [5.41, 5.74) is 3.65. The van der Waals surface area contributed by atoms with E-state index in [0.717, 1.165) is 37.4 Å². The van der Waals surface area contributed by atoms with Gasteiger partial charge < -0.3 is 15.2 Å². The molecule has 0 atom stereocenters. The van der Waals surface area contributed by atoms with E-state index in [0.29, 0.717) is 0 Å². The van der Waals surface area contributed by atoms with Gasteiger partial charge >= 0.3 is 0 Å². The molecule has 1 heterocycles. The molecule has 0 aliphatic carbocycles. The Labute approximate surface area is 108 Å². The lowest BCUT2D eigenvalue weighted by Crippen LogP contribution is -2.26. The van der Waals surface area contributed by atoms with Crippen LogP contribution in [0, 0.1) is 6.92 Å². The molecule has 0 amide bonds. The molecular formula is C14H22N4. The van der Waals surface area contributed by atoms with Gasteiger partial charge in [-0.05, 0) is 44.6 Å². The summed E-state index contributed by atoms with van der Waals surface area (Å²) in [5.74, 6) is 1.06. The number of nitrogens with one attached hydrogen (secondary N) is 2. The number of rotatable bonds is 6. The van der Waals surface area contributed by atoms with Crippen LogP contribution in [0.4, 0.5) is 0 Å². The normalized spacial score (nSPS) is 11.3.